The van der Waals surface area contributed by atoms with E-state index in [1.165, 1.54) is 23.8 Å². The standard InChI is InChI=1S/C19H12FN3O4S/c20-13-2-1-3-15-17(13)18(24)16(27-19(25)26)9-23(15)8-11-4-6-12(7-5-11)14-10-28-22-21-14/h1-7,9-10H,8H2,(H,25,26). The molecule has 9 heteroatoms. The van der Waals surface area contributed by atoms with Gasteiger partial charge in [-0.3, -0.25) is 4.79 Å². The number of nitrogens with zero attached hydrogens (tertiary/aromatic N) is 3. The lowest BCUT2D eigenvalue weighted by Gasteiger charge is -2.13. The summed E-state index contributed by atoms with van der Waals surface area (Å²) in [6.45, 7) is 0.284. The fourth-order valence-electron chi connectivity index (χ4n) is 2.94. The number of benzene rings is 2. The summed E-state index contributed by atoms with van der Waals surface area (Å²) >= 11 is 1.26. The largest absolute Gasteiger partial charge is 0.511 e. The van der Waals surface area contributed by atoms with Gasteiger partial charge in [-0.1, -0.05) is 34.8 Å². The predicted octanol–water partition coefficient (Wildman–Crippen LogP) is 3.76. The minimum absolute atomic E-state index is 0.216. The van der Waals surface area contributed by atoms with Gasteiger partial charge in [0.1, 0.15) is 11.5 Å². The third-order valence-electron chi connectivity index (χ3n) is 4.18. The minimum atomic E-state index is -1.64. The summed E-state index contributed by atoms with van der Waals surface area (Å²) in [5, 5.41) is 14.5. The van der Waals surface area contributed by atoms with Crippen LogP contribution in [0.2, 0.25) is 0 Å². The molecular formula is C19H12FN3O4S. The van der Waals surface area contributed by atoms with E-state index in [1.54, 1.807) is 10.6 Å². The summed E-state index contributed by atoms with van der Waals surface area (Å²) in [6.07, 6.45) is -0.364. The quantitative estimate of drug-likeness (QED) is 0.527. The Morgan fingerprint density at radius 1 is 1.21 bits per heavy atom. The van der Waals surface area contributed by atoms with Gasteiger partial charge in [-0.05, 0) is 29.2 Å². The maximum Gasteiger partial charge on any atom is 0.511 e. The van der Waals surface area contributed by atoms with Crippen LogP contribution < -0.4 is 10.2 Å². The summed E-state index contributed by atoms with van der Waals surface area (Å²) in [6, 6.07) is 11.7. The van der Waals surface area contributed by atoms with Crippen molar-refractivity contribution in [3.05, 3.63) is 75.6 Å². The Hall–Kier alpha value is -3.59. The Kier molecular flexibility index (Phi) is 4.58. The molecule has 0 aliphatic heterocycles. The van der Waals surface area contributed by atoms with Crippen LogP contribution in [-0.2, 0) is 6.54 Å². The molecule has 0 atom stereocenters. The van der Waals surface area contributed by atoms with Gasteiger partial charge < -0.3 is 14.4 Å². The number of hydrogen-bond donors (Lipinski definition) is 1. The monoisotopic (exact) mass is 397 g/mol. The number of pyridine rings is 1. The second-order valence-electron chi connectivity index (χ2n) is 5.94. The SMILES string of the molecule is O=C(O)Oc1cn(Cc2ccc(-c3csnn3)cc2)c2cccc(F)c2c1=O. The van der Waals surface area contributed by atoms with Crippen molar-refractivity contribution in [2.24, 2.45) is 0 Å². The first kappa shape index (κ1) is 17.8. The first-order valence-electron chi connectivity index (χ1n) is 8.12. The molecule has 7 nitrogen and oxygen atoms in total. The Labute approximate surface area is 161 Å². The average molecular weight is 397 g/mol. The third-order valence-corrected chi connectivity index (χ3v) is 4.69. The first-order chi connectivity index (χ1) is 13.5. The second kappa shape index (κ2) is 7.20. The maximum absolute atomic E-state index is 14.3. The molecule has 0 saturated carbocycles. The number of hydrogen-bond acceptors (Lipinski definition) is 6. The van der Waals surface area contributed by atoms with E-state index >= 15 is 0 Å². The Bertz CT molecular complexity index is 1220. The summed E-state index contributed by atoms with van der Waals surface area (Å²) in [7, 11) is 0. The van der Waals surface area contributed by atoms with Gasteiger partial charge in [0, 0.05) is 17.5 Å². The highest BCUT2D eigenvalue weighted by atomic mass is 32.1. The molecule has 28 heavy (non-hydrogen) atoms. The summed E-state index contributed by atoms with van der Waals surface area (Å²) in [5.74, 6) is -1.19. The van der Waals surface area contributed by atoms with Gasteiger partial charge in [0.25, 0.3) is 0 Å². The smallest absolute Gasteiger partial charge is 0.449 e. The van der Waals surface area contributed by atoms with Crippen LogP contribution >= 0.6 is 11.5 Å². The highest BCUT2D eigenvalue weighted by Crippen LogP contribution is 2.22. The highest BCUT2D eigenvalue weighted by Gasteiger charge is 2.16. The molecule has 140 valence electrons. The number of carbonyl (C=O) groups is 1. The molecule has 0 bridgehead atoms. The van der Waals surface area contributed by atoms with Crippen LogP contribution in [0.15, 0.2) is 58.8 Å². The van der Waals surface area contributed by atoms with Gasteiger partial charge in [-0.2, -0.15) is 0 Å². The normalized spacial score (nSPS) is 10.9. The summed E-state index contributed by atoms with van der Waals surface area (Å²) in [5.41, 5.74) is 2.07. The molecule has 0 radical (unpaired) electrons. The van der Waals surface area contributed by atoms with Crippen molar-refractivity contribution in [2.75, 3.05) is 0 Å². The Morgan fingerprint density at radius 3 is 2.68 bits per heavy atom. The summed E-state index contributed by atoms with van der Waals surface area (Å²) in [4.78, 5) is 23.3. The molecule has 0 saturated heterocycles. The minimum Gasteiger partial charge on any atom is -0.449 e. The molecule has 0 fully saturated rings. The Balaban J connectivity index is 1.77. The number of aromatic nitrogens is 3. The molecule has 2 aromatic heterocycles. The van der Waals surface area contributed by atoms with Gasteiger partial charge in [-0.15, -0.1) is 5.10 Å². The number of halogens is 1. The molecule has 0 aliphatic carbocycles. The average Bonchev–Trinajstić information content (AvgIpc) is 3.20. The lowest BCUT2D eigenvalue weighted by atomic mass is 10.1. The van der Waals surface area contributed by atoms with Crippen LogP contribution in [0, 0.1) is 5.82 Å². The van der Waals surface area contributed by atoms with E-state index in [0.29, 0.717) is 5.52 Å². The van der Waals surface area contributed by atoms with Crippen molar-refractivity contribution in [3.8, 4) is 17.0 Å². The van der Waals surface area contributed by atoms with Crippen LogP contribution in [0.1, 0.15) is 5.56 Å². The maximum atomic E-state index is 14.3. The molecule has 1 N–H and O–H groups in total. The van der Waals surface area contributed by atoms with Crippen molar-refractivity contribution in [1.29, 1.82) is 0 Å². The van der Waals surface area contributed by atoms with E-state index in [2.05, 4.69) is 14.3 Å². The number of rotatable bonds is 4. The summed E-state index contributed by atoms with van der Waals surface area (Å²) < 4.78 is 24.2. The van der Waals surface area contributed by atoms with E-state index in [1.807, 2.05) is 29.6 Å². The molecule has 0 spiro atoms. The zero-order valence-electron chi connectivity index (χ0n) is 14.2. The van der Waals surface area contributed by atoms with Crippen molar-refractivity contribution in [1.82, 2.24) is 14.2 Å². The van der Waals surface area contributed by atoms with Crippen LogP contribution in [0.4, 0.5) is 9.18 Å². The highest BCUT2D eigenvalue weighted by molar-refractivity contribution is 7.03. The van der Waals surface area contributed by atoms with Crippen LogP contribution in [0.25, 0.3) is 22.2 Å². The van der Waals surface area contributed by atoms with Gasteiger partial charge >= 0.3 is 6.16 Å². The van der Waals surface area contributed by atoms with E-state index in [9.17, 15) is 14.0 Å². The van der Waals surface area contributed by atoms with Crippen molar-refractivity contribution in [2.45, 2.75) is 6.54 Å². The number of fused-ring (bicyclic) bond motifs is 1. The van der Waals surface area contributed by atoms with E-state index in [0.717, 1.165) is 22.9 Å². The molecule has 0 amide bonds. The molecule has 4 aromatic rings. The van der Waals surface area contributed by atoms with E-state index in [4.69, 9.17) is 5.11 Å². The lowest BCUT2D eigenvalue weighted by molar-refractivity contribution is 0.144. The molecule has 2 heterocycles. The molecule has 0 unspecified atom stereocenters. The number of carboxylic acid groups (broad SMARTS) is 1. The van der Waals surface area contributed by atoms with Crippen LogP contribution in [0.3, 0.4) is 0 Å². The van der Waals surface area contributed by atoms with Crippen molar-refractivity contribution in [3.63, 3.8) is 0 Å². The van der Waals surface area contributed by atoms with Gasteiger partial charge in [0.05, 0.1) is 17.1 Å². The molecule has 2 aromatic carbocycles. The predicted molar refractivity (Wildman–Crippen MR) is 101 cm³/mol. The molecule has 0 aliphatic rings. The lowest BCUT2D eigenvalue weighted by Crippen LogP contribution is -2.17. The van der Waals surface area contributed by atoms with E-state index < -0.39 is 23.2 Å². The topological polar surface area (TPSA) is 94.3 Å². The van der Waals surface area contributed by atoms with Gasteiger partial charge in [-0.25, -0.2) is 9.18 Å². The van der Waals surface area contributed by atoms with Crippen molar-refractivity contribution < 1.29 is 19.0 Å². The number of ether oxygens (including phenoxy) is 1. The second-order valence-corrected chi connectivity index (χ2v) is 6.55. The van der Waals surface area contributed by atoms with Crippen LogP contribution in [0.5, 0.6) is 5.75 Å². The van der Waals surface area contributed by atoms with Crippen molar-refractivity contribution >= 4 is 28.6 Å². The van der Waals surface area contributed by atoms with Crippen LogP contribution in [-0.4, -0.2) is 25.4 Å². The zero-order chi connectivity index (χ0) is 19.7. The molecular weight excluding hydrogens is 385 g/mol. The fraction of sp³-hybridized carbons (Fsp3) is 0.0526. The third kappa shape index (κ3) is 3.35. The molecule has 4 rings (SSSR count). The fourth-order valence-corrected chi connectivity index (χ4v) is 3.40. The van der Waals surface area contributed by atoms with E-state index in [-0.39, 0.29) is 11.9 Å². The zero-order valence-corrected chi connectivity index (χ0v) is 15.0. The first-order valence-corrected chi connectivity index (χ1v) is 8.95. The Morgan fingerprint density at radius 2 is 2.00 bits per heavy atom. The van der Waals surface area contributed by atoms with Gasteiger partial charge in [0.2, 0.25) is 5.43 Å². The van der Waals surface area contributed by atoms with Gasteiger partial charge in [0.15, 0.2) is 5.75 Å².